The molecule has 0 aliphatic heterocycles. The second-order valence-electron chi connectivity index (χ2n) is 4.00. The van der Waals surface area contributed by atoms with Gasteiger partial charge in [-0.05, 0) is 42.8 Å². The first-order valence-electron chi connectivity index (χ1n) is 5.71. The van der Waals surface area contributed by atoms with Crippen molar-refractivity contribution in [2.75, 3.05) is 17.7 Å². The van der Waals surface area contributed by atoms with Gasteiger partial charge in [-0.25, -0.2) is 4.98 Å². The molecule has 2 N–H and O–H groups in total. The van der Waals surface area contributed by atoms with Gasteiger partial charge in [0.1, 0.15) is 5.82 Å². The number of anilines is 2. The van der Waals surface area contributed by atoms with E-state index in [0.717, 1.165) is 11.3 Å². The van der Waals surface area contributed by atoms with Crippen molar-refractivity contribution in [3.63, 3.8) is 0 Å². The third-order valence-electron chi connectivity index (χ3n) is 2.59. The molecule has 2 aromatic rings. The number of carbonyl (C=O) groups is 1. The van der Waals surface area contributed by atoms with Gasteiger partial charge in [0, 0.05) is 24.5 Å². The number of amides is 1. The largest absolute Gasteiger partial charge is 0.388 e. The fraction of sp³-hybridized carbons (Fsp3) is 0.143. The highest BCUT2D eigenvalue weighted by molar-refractivity contribution is 6.03. The summed E-state index contributed by atoms with van der Waals surface area (Å²) in [5.74, 6) is 0.400. The monoisotopic (exact) mass is 241 g/mol. The van der Waals surface area contributed by atoms with Crippen molar-refractivity contribution in [1.82, 2.24) is 4.98 Å². The molecule has 1 aromatic carbocycles. The van der Waals surface area contributed by atoms with Crippen LogP contribution in [0.25, 0.3) is 0 Å². The Kier molecular flexibility index (Phi) is 3.57. The highest BCUT2D eigenvalue weighted by atomic mass is 16.1. The molecule has 2 rings (SSSR count). The molecule has 0 spiro atoms. The number of aryl methyl sites for hydroxylation is 1. The van der Waals surface area contributed by atoms with Crippen LogP contribution in [0.3, 0.4) is 0 Å². The van der Waals surface area contributed by atoms with Gasteiger partial charge in [0.15, 0.2) is 0 Å². The summed E-state index contributed by atoms with van der Waals surface area (Å²) in [5.41, 5.74) is 2.64. The van der Waals surface area contributed by atoms with Crippen molar-refractivity contribution in [2.45, 2.75) is 6.92 Å². The number of hydrogen-bond donors (Lipinski definition) is 2. The number of nitrogens with one attached hydrogen (secondary N) is 2. The number of aromatic nitrogens is 1. The summed E-state index contributed by atoms with van der Waals surface area (Å²) in [4.78, 5) is 16.1. The standard InChI is InChI=1S/C14H15N3O/c1-10-3-8-13(16-9-10)17-14(18)11-4-6-12(15-2)7-5-11/h3-9,15H,1-2H3,(H,16,17,18). The van der Waals surface area contributed by atoms with Gasteiger partial charge in [-0.2, -0.15) is 0 Å². The van der Waals surface area contributed by atoms with Gasteiger partial charge in [-0.1, -0.05) is 6.07 Å². The van der Waals surface area contributed by atoms with E-state index in [2.05, 4.69) is 15.6 Å². The van der Waals surface area contributed by atoms with Crippen LogP contribution in [-0.2, 0) is 0 Å². The van der Waals surface area contributed by atoms with Crippen LogP contribution in [0, 0.1) is 6.92 Å². The summed E-state index contributed by atoms with van der Waals surface area (Å²) in [6.07, 6.45) is 1.72. The highest BCUT2D eigenvalue weighted by Crippen LogP contribution is 2.11. The first-order chi connectivity index (χ1) is 8.69. The Morgan fingerprint density at radius 1 is 1.11 bits per heavy atom. The predicted octanol–water partition coefficient (Wildman–Crippen LogP) is 2.68. The summed E-state index contributed by atoms with van der Waals surface area (Å²) in [6, 6.07) is 11.0. The van der Waals surface area contributed by atoms with E-state index in [1.165, 1.54) is 0 Å². The van der Waals surface area contributed by atoms with E-state index in [-0.39, 0.29) is 5.91 Å². The number of rotatable bonds is 3. The van der Waals surface area contributed by atoms with Crippen LogP contribution in [0.1, 0.15) is 15.9 Å². The second kappa shape index (κ2) is 5.31. The van der Waals surface area contributed by atoms with Crippen LogP contribution < -0.4 is 10.6 Å². The minimum atomic E-state index is -0.158. The van der Waals surface area contributed by atoms with Gasteiger partial charge in [-0.3, -0.25) is 4.79 Å². The minimum Gasteiger partial charge on any atom is -0.388 e. The van der Waals surface area contributed by atoms with Crippen molar-refractivity contribution in [3.8, 4) is 0 Å². The summed E-state index contributed by atoms with van der Waals surface area (Å²) in [7, 11) is 1.84. The molecule has 0 aliphatic rings. The van der Waals surface area contributed by atoms with Crippen LogP contribution >= 0.6 is 0 Å². The molecular formula is C14H15N3O. The topological polar surface area (TPSA) is 54.0 Å². The molecule has 18 heavy (non-hydrogen) atoms. The first-order valence-corrected chi connectivity index (χ1v) is 5.71. The number of hydrogen-bond acceptors (Lipinski definition) is 3. The molecule has 0 atom stereocenters. The lowest BCUT2D eigenvalue weighted by molar-refractivity contribution is 0.102. The molecule has 0 saturated carbocycles. The van der Waals surface area contributed by atoms with E-state index >= 15 is 0 Å². The maximum Gasteiger partial charge on any atom is 0.256 e. The lowest BCUT2D eigenvalue weighted by atomic mass is 10.2. The van der Waals surface area contributed by atoms with Crippen molar-refractivity contribution in [3.05, 3.63) is 53.7 Å². The highest BCUT2D eigenvalue weighted by Gasteiger charge is 2.06. The summed E-state index contributed by atoms with van der Waals surface area (Å²) < 4.78 is 0. The molecule has 1 heterocycles. The van der Waals surface area contributed by atoms with Crippen molar-refractivity contribution in [2.24, 2.45) is 0 Å². The third-order valence-corrected chi connectivity index (χ3v) is 2.59. The quantitative estimate of drug-likeness (QED) is 0.868. The number of pyridine rings is 1. The predicted molar refractivity (Wildman–Crippen MR) is 72.9 cm³/mol. The fourth-order valence-electron chi connectivity index (χ4n) is 1.52. The van der Waals surface area contributed by atoms with Gasteiger partial charge in [0.05, 0.1) is 0 Å². The van der Waals surface area contributed by atoms with Gasteiger partial charge < -0.3 is 10.6 Å². The molecular weight excluding hydrogens is 226 g/mol. The zero-order valence-corrected chi connectivity index (χ0v) is 10.4. The summed E-state index contributed by atoms with van der Waals surface area (Å²) >= 11 is 0. The minimum absolute atomic E-state index is 0.158. The SMILES string of the molecule is CNc1ccc(C(=O)Nc2ccc(C)cn2)cc1. The lowest BCUT2D eigenvalue weighted by Gasteiger charge is -2.05. The Hall–Kier alpha value is -2.36. The smallest absolute Gasteiger partial charge is 0.256 e. The molecule has 0 aliphatic carbocycles. The molecule has 4 nitrogen and oxygen atoms in total. The summed E-state index contributed by atoms with van der Waals surface area (Å²) in [6.45, 7) is 1.95. The average molecular weight is 241 g/mol. The van der Waals surface area contributed by atoms with Gasteiger partial charge in [0.2, 0.25) is 0 Å². The number of benzene rings is 1. The molecule has 0 radical (unpaired) electrons. The summed E-state index contributed by atoms with van der Waals surface area (Å²) in [5, 5.41) is 5.76. The molecule has 92 valence electrons. The number of nitrogens with zero attached hydrogens (tertiary/aromatic N) is 1. The van der Waals surface area contributed by atoms with Crippen molar-refractivity contribution < 1.29 is 4.79 Å². The van der Waals surface area contributed by atoms with Gasteiger partial charge in [0.25, 0.3) is 5.91 Å². The van der Waals surface area contributed by atoms with E-state index in [4.69, 9.17) is 0 Å². The molecule has 4 heteroatoms. The maximum atomic E-state index is 11.9. The average Bonchev–Trinajstić information content (AvgIpc) is 2.41. The fourth-order valence-corrected chi connectivity index (χ4v) is 1.52. The van der Waals surface area contributed by atoms with Gasteiger partial charge in [-0.15, -0.1) is 0 Å². The Bertz CT molecular complexity index is 532. The molecule has 0 bridgehead atoms. The van der Waals surface area contributed by atoms with E-state index < -0.39 is 0 Å². The Labute approximate surface area is 106 Å². The Balaban J connectivity index is 2.09. The van der Waals surface area contributed by atoms with E-state index in [1.54, 1.807) is 24.4 Å². The van der Waals surface area contributed by atoms with Crippen molar-refractivity contribution >= 4 is 17.4 Å². The van der Waals surface area contributed by atoms with Crippen LogP contribution in [0.15, 0.2) is 42.6 Å². The Morgan fingerprint density at radius 3 is 2.39 bits per heavy atom. The van der Waals surface area contributed by atoms with Crippen LogP contribution in [-0.4, -0.2) is 17.9 Å². The molecule has 1 aromatic heterocycles. The normalized spacial score (nSPS) is 9.89. The van der Waals surface area contributed by atoms with Crippen LogP contribution in [0.2, 0.25) is 0 Å². The van der Waals surface area contributed by atoms with Crippen LogP contribution in [0.4, 0.5) is 11.5 Å². The lowest BCUT2D eigenvalue weighted by Crippen LogP contribution is -2.12. The first kappa shape index (κ1) is 12.1. The molecule has 0 unspecified atom stereocenters. The van der Waals surface area contributed by atoms with E-state index in [1.807, 2.05) is 32.2 Å². The van der Waals surface area contributed by atoms with Gasteiger partial charge >= 0.3 is 0 Å². The maximum absolute atomic E-state index is 11.9. The molecule has 1 amide bonds. The van der Waals surface area contributed by atoms with E-state index in [0.29, 0.717) is 11.4 Å². The van der Waals surface area contributed by atoms with Crippen LogP contribution in [0.5, 0.6) is 0 Å². The Morgan fingerprint density at radius 2 is 1.83 bits per heavy atom. The zero-order valence-electron chi connectivity index (χ0n) is 10.4. The van der Waals surface area contributed by atoms with E-state index in [9.17, 15) is 4.79 Å². The molecule has 0 fully saturated rings. The number of carbonyl (C=O) groups excluding carboxylic acids is 1. The molecule has 0 saturated heterocycles. The third kappa shape index (κ3) is 2.85. The second-order valence-corrected chi connectivity index (χ2v) is 4.00. The zero-order chi connectivity index (χ0) is 13.0. The van der Waals surface area contributed by atoms with Crippen molar-refractivity contribution in [1.29, 1.82) is 0 Å².